The molecule has 3 aromatic rings. The number of hydrogen-bond acceptors (Lipinski definition) is 6. The molecule has 4 rings (SSSR count). The molecular weight excluding hydrogens is 526 g/mol. The van der Waals surface area contributed by atoms with Gasteiger partial charge in [0.1, 0.15) is 12.3 Å². The maximum absolute atomic E-state index is 13.5. The van der Waals surface area contributed by atoms with E-state index < -0.39 is 18.1 Å². The Morgan fingerprint density at radius 2 is 1.79 bits per heavy atom. The van der Waals surface area contributed by atoms with Crippen LogP contribution in [0.2, 0.25) is 0 Å². The Morgan fingerprint density at radius 1 is 1.10 bits per heavy atom. The minimum absolute atomic E-state index is 0.162. The van der Waals surface area contributed by atoms with Gasteiger partial charge in [0.25, 0.3) is 0 Å². The molecule has 7 nitrogen and oxygen atoms in total. The summed E-state index contributed by atoms with van der Waals surface area (Å²) in [7, 11) is 2.02. The fraction of sp³-hybridized carbons (Fsp3) is 0.343. The lowest BCUT2D eigenvalue weighted by molar-refractivity contribution is -0.149. The maximum atomic E-state index is 13.5. The Balaban J connectivity index is 1.44. The Labute approximate surface area is 249 Å². The van der Waals surface area contributed by atoms with Crippen LogP contribution in [-0.4, -0.2) is 53.5 Å². The van der Waals surface area contributed by atoms with Crippen molar-refractivity contribution < 1.29 is 19.8 Å². The minimum atomic E-state index is -0.911. The number of benzene rings is 3. The molecule has 3 aromatic carbocycles. The van der Waals surface area contributed by atoms with Crippen molar-refractivity contribution in [2.45, 2.75) is 51.3 Å². The highest BCUT2D eigenvalue weighted by Crippen LogP contribution is 2.34. The van der Waals surface area contributed by atoms with Crippen LogP contribution in [0.25, 0.3) is 0 Å². The molecule has 1 saturated heterocycles. The molecule has 1 aliphatic rings. The van der Waals surface area contributed by atoms with E-state index in [2.05, 4.69) is 48.0 Å². The third-order valence-corrected chi connectivity index (χ3v) is 7.56. The van der Waals surface area contributed by atoms with Crippen LogP contribution in [0.1, 0.15) is 43.9 Å². The summed E-state index contributed by atoms with van der Waals surface area (Å²) in [5, 5.41) is 24.9. The predicted molar refractivity (Wildman–Crippen MR) is 166 cm³/mol. The molecule has 220 valence electrons. The van der Waals surface area contributed by atoms with Gasteiger partial charge < -0.3 is 25.3 Å². The second-order valence-electron chi connectivity index (χ2n) is 11.3. The van der Waals surface area contributed by atoms with Gasteiger partial charge in [0.2, 0.25) is 5.91 Å². The standard InChI is InChI=1S/C35H41N3O4/c1-26(40)32-31(25-39)42-38(33(32)34(41)36-21-12-22-37(4)30-17-9-6-10-18-30)24-28-14-11-13-27(23-28)19-20-35(2,3)29-15-7-5-8-16-29/h5-11,13-18,23,25-26,32-33,39-40H,12,21-22,24H2,1-4H3,(H,36,41)/b31-25-/t26?,32-,33+/m0/s1. The third kappa shape index (κ3) is 7.73. The number of nitrogens with zero attached hydrogens (tertiary/aromatic N) is 2. The highest BCUT2D eigenvalue weighted by Gasteiger charge is 2.47. The number of aliphatic hydroxyl groups excluding tert-OH is 2. The number of para-hydroxylation sites is 1. The summed E-state index contributed by atoms with van der Waals surface area (Å²) in [6.45, 7) is 7.30. The van der Waals surface area contributed by atoms with Crippen LogP contribution in [0.3, 0.4) is 0 Å². The first-order valence-corrected chi connectivity index (χ1v) is 14.4. The van der Waals surface area contributed by atoms with E-state index in [1.54, 1.807) is 6.92 Å². The lowest BCUT2D eigenvalue weighted by Gasteiger charge is -2.25. The van der Waals surface area contributed by atoms with Gasteiger partial charge in [0.15, 0.2) is 5.76 Å². The lowest BCUT2D eigenvalue weighted by Crippen LogP contribution is -2.48. The second kappa shape index (κ2) is 14.1. The molecule has 0 saturated carbocycles. The summed E-state index contributed by atoms with van der Waals surface area (Å²) in [6, 6.07) is 27.2. The molecule has 0 aliphatic carbocycles. The van der Waals surface area contributed by atoms with Gasteiger partial charge in [-0.3, -0.25) is 4.79 Å². The van der Waals surface area contributed by atoms with Gasteiger partial charge in [0.05, 0.1) is 24.0 Å². The van der Waals surface area contributed by atoms with Gasteiger partial charge in [0, 0.05) is 31.4 Å². The summed E-state index contributed by atoms with van der Waals surface area (Å²) >= 11 is 0. The minimum Gasteiger partial charge on any atom is -0.512 e. The molecular formula is C35H41N3O4. The van der Waals surface area contributed by atoms with Crippen molar-refractivity contribution >= 4 is 11.6 Å². The van der Waals surface area contributed by atoms with Crippen molar-refractivity contribution in [1.82, 2.24) is 10.4 Å². The Kier molecular flexibility index (Phi) is 10.3. The summed E-state index contributed by atoms with van der Waals surface area (Å²) in [6.07, 6.45) is 0.665. The Morgan fingerprint density at radius 3 is 2.45 bits per heavy atom. The topological polar surface area (TPSA) is 85.3 Å². The quantitative estimate of drug-likeness (QED) is 0.178. The largest absolute Gasteiger partial charge is 0.512 e. The van der Waals surface area contributed by atoms with E-state index in [1.165, 1.54) is 5.06 Å². The molecule has 1 fully saturated rings. The van der Waals surface area contributed by atoms with Gasteiger partial charge in [-0.1, -0.05) is 72.5 Å². The van der Waals surface area contributed by atoms with Crippen LogP contribution in [0.5, 0.6) is 0 Å². The predicted octanol–water partition coefficient (Wildman–Crippen LogP) is 5.17. The highest BCUT2D eigenvalue weighted by molar-refractivity contribution is 5.82. The summed E-state index contributed by atoms with van der Waals surface area (Å²) in [5.41, 5.74) is 3.68. The number of amides is 1. The van der Waals surface area contributed by atoms with Crippen molar-refractivity contribution in [2.75, 3.05) is 25.0 Å². The Hall–Kier alpha value is -4.25. The molecule has 42 heavy (non-hydrogen) atoms. The van der Waals surface area contributed by atoms with E-state index >= 15 is 0 Å². The normalized spacial score (nSPS) is 18.5. The third-order valence-electron chi connectivity index (χ3n) is 7.56. The highest BCUT2D eigenvalue weighted by atomic mass is 16.7. The number of anilines is 1. The molecule has 1 heterocycles. The lowest BCUT2D eigenvalue weighted by atomic mass is 9.85. The van der Waals surface area contributed by atoms with Crippen LogP contribution < -0.4 is 10.2 Å². The van der Waals surface area contributed by atoms with Crippen molar-refractivity contribution in [3.63, 3.8) is 0 Å². The maximum Gasteiger partial charge on any atom is 0.241 e. The zero-order valence-electron chi connectivity index (χ0n) is 24.8. The van der Waals surface area contributed by atoms with Crippen molar-refractivity contribution in [1.29, 1.82) is 0 Å². The molecule has 0 bridgehead atoms. The zero-order chi connectivity index (χ0) is 30.1. The van der Waals surface area contributed by atoms with Gasteiger partial charge in [-0.05, 0) is 62.6 Å². The second-order valence-corrected chi connectivity index (χ2v) is 11.3. The molecule has 0 radical (unpaired) electrons. The zero-order valence-corrected chi connectivity index (χ0v) is 24.8. The van der Waals surface area contributed by atoms with Gasteiger partial charge in [-0.15, -0.1) is 5.06 Å². The monoisotopic (exact) mass is 567 g/mol. The molecule has 0 spiro atoms. The molecule has 1 unspecified atom stereocenters. The number of hydroxylamine groups is 2. The summed E-state index contributed by atoms with van der Waals surface area (Å²) < 4.78 is 0. The van der Waals surface area contributed by atoms with E-state index in [9.17, 15) is 15.0 Å². The number of carbonyl (C=O) groups excluding carboxylic acids is 1. The van der Waals surface area contributed by atoms with E-state index in [4.69, 9.17) is 4.84 Å². The first kappa shape index (κ1) is 30.7. The van der Waals surface area contributed by atoms with Crippen LogP contribution in [0, 0.1) is 17.8 Å². The van der Waals surface area contributed by atoms with Crippen LogP contribution in [0.15, 0.2) is 97.0 Å². The van der Waals surface area contributed by atoms with Gasteiger partial charge >= 0.3 is 0 Å². The van der Waals surface area contributed by atoms with Crippen molar-refractivity contribution in [3.05, 3.63) is 114 Å². The van der Waals surface area contributed by atoms with Crippen molar-refractivity contribution in [3.8, 4) is 11.8 Å². The fourth-order valence-electron chi connectivity index (χ4n) is 5.15. The average Bonchev–Trinajstić information content (AvgIpc) is 3.38. The van der Waals surface area contributed by atoms with E-state index in [1.807, 2.05) is 79.8 Å². The van der Waals surface area contributed by atoms with Gasteiger partial charge in [-0.2, -0.15) is 0 Å². The average molecular weight is 568 g/mol. The molecule has 3 atom stereocenters. The smallest absolute Gasteiger partial charge is 0.241 e. The SMILES string of the molecule is CC(O)[C@H]1/C(=C/O)ON(Cc2cccc(C#CC(C)(C)c3ccccc3)c2)[C@H]1C(=O)NCCCN(C)c1ccccc1. The van der Waals surface area contributed by atoms with Crippen LogP contribution >= 0.6 is 0 Å². The van der Waals surface area contributed by atoms with Crippen molar-refractivity contribution in [2.24, 2.45) is 5.92 Å². The van der Waals surface area contributed by atoms with Crippen LogP contribution in [0.4, 0.5) is 5.69 Å². The first-order valence-electron chi connectivity index (χ1n) is 14.4. The van der Waals surface area contributed by atoms with E-state index in [0.29, 0.717) is 6.54 Å². The molecule has 1 aliphatic heterocycles. The molecule has 3 N–H and O–H groups in total. The number of rotatable bonds is 10. The van der Waals surface area contributed by atoms with E-state index in [0.717, 1.165) is 41.6 Å². The molecule has 1 amide bonds. The first-order chi connectivity index (χ1) is 20.2. The van der Waals surface area contributed by atoms with Gasteiger partial charge in [-0.25, -0.2) is 0 Å². The number of carbonyl (C=O) groups is 1. The fourth-order valence-corrected chi connectivity index (χ4v) is 5.15. The molecule has 7 heteroatoms. The Bertz CT molecular complexity index is 1410. The van der Waals surface area contributed by atoms with E-state index in [-0.39, 0.29) is 23.6 Å². The summed E-state index contributed by atoms with van der Waals surface area (Å²) in [5.74, 6) is 5.87. The van der Waals surface area contributed by atoms with Crippen LogP contribution in [-0.2, 0) is 21.6 Å². The number of hydrogen-bond donors (Lipinski definition) is 3. The summed E-state index contributed by atoms with van der Waals surface area (Å²) in [4.78, 5) is 21.5. The molecule has 0 aromatic heterocycles. The number of aliphatic hydroxyl groups is 2. The number of nitrogens with one attached hydrogen (secondary N) is 1.